The van der Waals surface area contributed by atoms with Crippen molar-refractivity contribution in [1.29, 1.82) is 0 Å². The van der Waals surface area contributed by atoms with Crippen LogP contribution in [0.1, 0.15) is 36.6 Å². The zero-order chi connectivity index (χ0) is 17.5. The molecule has 0 saturated heterocycles. The lowest BCUT2D eigenvalue weighted by molar-refractivity contribution is 0.231. The Morgan fingerprint density at radius 3 is 2.29 bits per heavy atom. The van der Waals surface area contributed by atoms with E-state index in [0.29, 0.717) is 0 Å². The van der Waals surface area contributed by atoms with Crippen LogP contribution in [-0.2, 0) is 0 Å². The van der Waals surface area contributed by atoms with Gasteiger partial charge in [-0.2, -0.15) is 0 Å². The molecule has 2 rings (SSSR count). The van der Waals surface area contributed by atoms with E-state index in [1.165, 1.54) is 11.3 Å². The van der Waals surface area contributed by atoms with Crippen molar-refractivity contribution in [3.05, 3.63) is 59.7 Å². The highest BCUT2D eigenvalue weighted by atomic mass is 16.5. The fourth-order valence-corrected chi connectivity index (χ4v) is 2.81. The third kappa shape index (κ3) is 4.49. The smallest absolute Gasteiger partial charge is 0.119 e. The number of ether oxygens (including phenoxy) is 1. The number of hydrogen-bond donors (Lipinski definition) is 2. The van der Waals surface area contributed by atoms with Crippen LogP contribution in [0, 0.1) is 0 Å². The largest absolute Gasteiger partial charge is 0.497 e. The first-order chi connectivity index (χ1) is 11.6. The lowest BCUT2D eigenvalue weighted by Crippen LogP contribution is -2.28. The third-order valence-electron chi connectivity index (χ3n) is 4.30. The minimum atomic E-state index is -0.126. The predicted molar refractivity (Wildman–Crippen MR) is 99.8 cm³/mol. The molecule has 24 heavy (non-hydrogen) atoms. The van der Waals surface area contributed by atoms with Gasteiger partial charge in [0, 0.05) is 25.8 Å². The molecule has 4 heteroatoms. The van der Waals surface area contributed by atoms with Gasteiger partial charge in [0.1, 0.15) is 5.75 Å². The first kappa shape index (κ1) is 18.3. The van der Waals surface area contributed by atoms with Crippen LogP contribution >= 0.6 is 0 Å². The van der Waals surface area contributed by atoms with Crippen molar-refractivity contribution in [1.82, 2.24) is 5.32 Å². The molecule has 0 fully saturated rings. The first-order valence-corrected chi connectivity index (χ1v) is 8.37. The number of anilines is 1. The molecule has 130 valence electrons. The summed E-state index contributed by atoms with van der Waals surface area (Å²) >= 11 is 0. The Bertz CT molecular complexity index is 626. The Labute approximate surface area is 145 Å². The molecule has 0 aromatic heterocycles. The van der Waals surface area contributed by atoms with Crippen molar-refractivity contribution in [3.63, 3.8) is 0 Å². The Balaban J connectivity index is 2.17. The lowest BCUT2D eigenvalue weighted by Gasteiger charge is -2.25. The fraction of sp³-hybridized carbons (Fsp3) is 0.400. The maximum atomic E-state index is 9.84. The molecule has 0 amide bonds. The number of aliphatic hydroxyl groups is 1. The molecular weight excluding hydrogens is 300 g/mol. The highest BCUT2D eigenvalue weighted by Crippen LogP contribution is 2.25. The summed E-state index contributed by atoms with van der Waals surface area (Å²) in [6.07, 6.45) is 0.946. The minimum absolute atomic E-state index is 0.0411. The quantitative estimate of drug-likeness (QED) is 0.778. The second-order valence-electron chi connectivity index (χ2n) is 6.13. The topological polar surface area (TPSA) is 44.7 Å². The number of hydrogen-bond acceptors (Lipinski definition) is 4. The van der Waals surface area contributed by atoms with Crippen LogP contribution in [0.3, 0.4) is 0 Å². The normalized spacial score (nSPS) is 13.4. The molecule has 4 nitrogen and oxygen atoms in total. The maximum absolute atomic E-state index is 9.84. The Kier molecular flexibility index (Phi) is 6.64. The van der Waals surface area contributed by atoms with E-state index in [0.717, 1.165) is 17.7 Å². The highest BCUT2D eigenvalue weighted by Gasteiger charge is 2.17. The van der Waals surface area contributed by atoms with E-state index in [1.807, 2.05) is 38.4 Å². The molecule has 0 radical (unpaired) electrons. The van der Waals surface area contributed by atoms with Gasteiger partial charge in [0.05, 0.1) is 19.8 Å². The van der Waals surface area contributed by atoms with Gasteiger partial charge in [0.2, 0.25) is 0 Å². The molecule has 2 unspecified atom stereocenters. The molecule has 2 aromatic carbocycles. The molecule has 0 aliphatic carbocycles. The summed E-state index contributed by atoms with van der Waals surface area (Å²) in [7, 11) is 5.73. The minimum Gasteiger partial charge on any atom is -0.497 e. The lowest BCUT2D eigenvalue weighted by atomic mass is 10.0. The van der Waals surface area contributed by atoms with Crippen LogP contribution in [0.2, 0.25) is 0 Å². The predicted octanol–water partition coefficient (Wildman–Crippen LogP) is 3.54. The van der Waals surface area contributed by atoms with E-state index >= 15 is 0 Å². The Morgan fingerprint density at radius 2 is 1.75 bits per heavy atom. The molecule has 2 aromatic rings. The second-order valence-corrected chi connectivity index (χ2v) is 6.13. The van der Waals surface area contributed by atoms with Crippen LogP contribution in [0.25, 0.3) is 0 Å². The summed E-state index contributed by atoms with van der Waals surface area (Å²) in [5, 5.41) is 13.4. The van der Waals surface area contributed by atoms with E-state index in [2.05, 4.69) is 41.4 Å². The van der Waals surface area contributed by atoms with Crippen LogP contribution in [0.5, 0.6) is 5.75 Å². The van der Waals surface area contributed by atoms with Crippen molar-refractivity contribution in [2.75, 3.05) is 32.7 Å². The van der Waals surface area contributed by atoms with Crippen molar-refractivity contribution < 1.29 is 9.84 Å². The number of benzene rings is 2. The summed E-state index contributed by atoms with van der Waals surface area (Å²) in [4.78, 5) is 2.09. The van der Waals surface area contributed by atoms with E-state index in [-0.39, 0.29) is 18.7 Å². The van der Waals surface area contributed by atoms with Gasteiger partial charge in [-0.3, -0.25) is 0 Å². The molecular formula is C20H28N2O2. The molecule has 2 atom stereocenters. The van der Waals surface area contributed by atoms with Gasteiger partial charge in [0.15, 0.2) is 0 Å². The molecule has 2 N–H and O–H groups in total. The zero-order valence-electron chi connectivity index (χ0n) is 15.0. The van der Waals surface area contributed by atoms with E-state index < -0.39 is 0 Å². The molecule has 0 spiro atoms. The summed E-state index contributed by atoms with van der Waals surface area (Å²) in [5.74, 6) is 0.802. The van der Waals surface area contributed by atoms with Gasteiger partial charge >= 0.3 is 0 Å². The second kappa shape index (κ2) is 8.71. The molecule has 0 saturated carbocycles. The van der Waals surface area contributed by atoms with Gasteiger partial charge < -0.3 is 20.1 Å². The third-order valence-corrected chi connectivity index (χ3v) is 4.30. The first-order valence-electron chi connectivity index (χ1n) is 8.37. The van der Waals surface area contributed by atoms with Gasteiger partial charge in [-0.25, -0.2) is 0 Å². The average molecular weight is 328 g/mol. The van der Waals surface area contributed by atoms with Crippen molar-refractivity contribution in [2.24, 2.45) is 0 Å². The number of nitrogens with zero attached hydrogens (tertiary/aromatic N) is 1. The number of methoxy groups -OCH3 is 1. The zero-order valence-corrected chi connectivity index (χ0v) is 15.0. The monoisotopic (exact) mass is 328 g/mol. The van der Waals surface area contributed by atoms with Crippen LogP contribution < -0.4 is 15.0 Å². The number of aliphatic hydroxyl groups excluding tert-OH is 1. The molecule has 0 heterocycles. The fourth-order valence-electron chi connectivity index (χ4n) is 2.81. The maximum Gasteiger partial charge on any atom is 0.119 e. The highest BCUT2D eigenvalue weighted by molar-refractivity contribution is 5.46. The molecule has 0 aliphatic rings. The van der Waals surface area contributed by atoms with Crippen molar-refractivity contribution >= 4 is 5.69 Å². The molecule has 0 aliphatic heterocycles. The summed E-state index contributed by atoms with van der Waals surface area (Å²) < 4.78 is 5.29. The summed E-state index contributed by atoms with van der Waals surface area (Å²) in [5.41, 5.74) is 3.43. The summed E-state index contributed by atoms with van der Waals surface area (Å²) in [6, 6.07) is 16.4. The standard InChI is InChI=1S/C20H28N2O2/c1-5-19(15-9-11-17(12-10-15)22(2)3)21-20(14-23)16-7-6-8-18(13-16)24-4/h6-13,19-21,23H,5,14H2,1-4H3. The van der Waals surface area contributed by atoms with Gasteiger partial charge in [0.25, 0.3) is 0 Å². The van der Waals surface area contributed by atoms with Crippen LogP contribution in [0.4, 0.5) is 5.69 Å². The van der Waals surface area contributed by atoms with Gasteiger partial charge in [-0.05, 0) is 41.8 Å². The van der Waals surface area contributed by atoms with Gasteiger partial charge in [-0.1, -0.05) is 31.2 Å². The van der Waals surface area contributed by atoms with Crippen LogP contribution in [0.15, 0.2) is 48.5 Å². The Hall–Kier alpha value is -2.04. The summed E-state index contributed by atoms with van der Waals surface area (Å²) in [6.45, 7) is 2.19. The van der Waals surface area contributed by atoms with Crippen molar-refractivity contribution in [3.8, 4) is 5.75 Å². The van der Waals surface area contributed by atoms with Gasteiger partial charge in [-0.15, -0.1) is 0 Å². The number of nitrogens with one attached hydrogen (secondary N) is 1. The van der Waals surface area contributed by atoms with E-state index in [1.54, 1.807) is 7.11 Å². The number of rotatable bonds is 8. The van der Waals surface area contributed by atoms with Crippen molar-refractivity contribution in [2.45, 2.75) is 25.4 Å². The molecule has 0 bridgehead atoms. The van der Waals surface area contributed by atoms with E-state index in [4.69, 9.17) is 4.74 Å². The average Bonchev–Trinajstić information content (AvgIpc) is 2.63. The SMILES string of the molecule is CCC(NC(CO)c1cccc(OC)c1)c1ccc(N(C)C)cc1. The van der Waals surface area contributed by atoms with Crippen LogP contribution in [-0.4, -0.2) is 32.9 Å². The van der Waals surface area contributed by atoms with E-state index in [9.17, 15) is 5.11 Å². The Morgan fingerprint density at radius 1 is 1.04 bits per heavy atom.